The second-order valence-corrected chi connectivity index (χ2v) is 7.63. The molecule has 0 bridgehead atoms. The fourth-order valence-corrected chi connectivity index (χ4v) is 4.20. The number of carbonyl (C=O) groups is 6. The van der Waals surface area contributed by atoms with Crippen molar-refractivity contribution in [3.8, 4) is 0 Å². The van der Waals surface area contributed by atoms with Crippen LogP contribution in [0.25, 0.3) is 0 Å². The lowest BCUT2D eigenvalue weighted by Crippen LogP contribution is -2.51. The van der Waals surface area contributed by atoms with Crippen LogP contribution in [0.15, 0.2) is 58.6 Å². The van der Waals surface area contributed by atoms with Gasteiger partial charge in [0.15, 0.2) is 6.04 Å². The van der Waals surface area contributed by atoms with Crippen LogP contribution in [-0.4, -0.2) is 84.5 Å². The maximum absolute atomic E-state index is 13.3. The molecule has 2 aliphatic rings. The first-order valence-corrected chi connectivity index (χ1v) is 11.0. The van der Waals surface area contributed by atoms with Crippen LogP contribution in [0.4, 0.5) is 11.4 Å². The zero-order valence-electron chi connectivity index (χ0n) is 21.8. The number of carbonyl (C=O) groups excluding carboxylic acids is 6. The van der Waals surface area contributed by atoms with E-state index >= 15 is 0 Å². The Hall–Kier alpha value is -5.14. The molecule has 0 N–H and O–H groups in total. The van der Waals surface area contributed by atoms with Gasteiger partial charge >= 0.3 is 35.8 Å². The highest BCUT2D eigenvalue weighted by atomic mass is 16.5. The summed E-state index contributed by atoms with van der Waals surface area (Å²) in [5.74, 6) is -6.87. The molecular weight excluding hydrogens is 520 g/mol. The summed E-state index contributed by atoms with van der Waals surface area (Å²) in [5.41, 5.74) is -2.00. The third-order valence-corrected chi connectivity index (χ3v) is 5.80. The van der Waals surface area contributed by atoms with Gasteiger partial charge in [-0.25, -0.2) is 28.8 Å². The zero-order valence-corrected chi connectivity index (χ0v) is 21.8. The highest BCUT2D eigenvalue weighted by Gasteiger charge is 2.54. The van der Waals surface area contributed by atoms with Crippen LogP contribution in [0.3, 0.4) is 0 Å². The lowest BCUT2D eigenvalue weighted by Gasteiger charge is -2.37. The average Bonchev–Trinajstić information content (AvgIpc) is 3.30. The van der Waals surface area contributed by atoms with Crippen LogP contribution < -0.4 is 9.80 Å². The summed E-state index contributed by atoms with van der Waals surface area (Å²) < 4.78 is 29.2. The van der Waals surface area contributed by atoms with Gasteiger partial charge in [-0.1, -0.05) is 12.1 Å². The van der Waals surface area contributed by atoms with Crippen molar-refractivity contribution in [1.82, 2.24) is 0 Å². The van der Waals surface area contributed by atoms with Gasteiger partial charge in [-0.3, -0.25) is 4.90 Å². The molecule has 14 heteroatoms. The van der Waals surface area contributed by atoms with Gasteiger partial charge in [0.2, 0.25) is 0 Å². The van der Waals surface area contributed by atoms with E-state index in [-0.39, 0.29) is 17.2 Å². The molecule has 39 heavy (non-hydrogen) atoms. The number of anilines is 2. The predicted octanol–water partition coefficient (Wildman–Crippen LogP) is 0.125. The zero-order chi connectivity index (χ0) is 29.0. The Morgan fingerprint density at radius 3 is 1.77 bits per heavy atom. The van der Waals surface area contributed by atoms with Gasteiger partial charge in [-0.15, -0.1) is 0 Å². The minimum Gasteiger partial charge on any atom is -0.467 e. The molecule has 14 nitrogen and oxygen atoms in total. The van der Waals surface area contributed by atoms with Gasteiger partial charge in [0.25, 0.3) is 0 Å². The first-order chi connectivity index (χ1) is 18.6. The largest absolute Gasteiger partial charge is 0.467 e. The van der Waals surface area contributed by atoms with Gasteiger partial charge in [-0.05, 0) is 12.1 Å². The van der Waals surface area contributed by atoms with Gasteiger partial charge < -0.3 is 33.3 Å². The van der Waals surface area contributed by atoms with Gasteiger partial charge in [0.05, 0.1) is 71.3 Å². The molecule has 0 radical (unpaired) electrons. The Morgan fingerprint density at radius 2 is 1.26 bits per heavy atom. The number of hydrogen-bond acceptors (Lipinski definition) is 14. The lowest BCUT2D eigenvalue weighted by molar-refractivity contribution is -0.145. The van der Waals surface area contributed by atoms with Crippen LogP contribution in [-0.2, 0) is 57.2 Å². The lowest BCUT2D eigenvalue weighted by atomic mass is 9.89. The molecule has 1 aromatic rings. The van der Waals surface area contributed by atoms with E-state index in [9.17, 15) is 28.8 Å². The van der Waals surface area contributed by atoms with Crippen LogP contribution in [0.2, 0.25) is 0 Å². The fraction of sp³-hybridized carbons (Fsp3) is 0.280. The molecular formula is C25H24N2O12. The monoisotopic (exact) mass is 544 g/mol. The average molecular weight is 544 g/mol. The molecule has 1 atom stereocenters. The molecule has 1 aromatic carbocycles. The molecule has 206 valence electrons. The van der Waals surface area contributed by atoms with E-state index in [1.165, 1.54) is 17.0 Å². The number of hydrogen-bond donors (Lipinski definition) is 0. The Kier molecular flexibility index (Phi) is 8.38. The van der Waals surface area contributed by atoms with E-state index in [4.69, 9.17) is 23.7 Å². The van der Waals surface area contributed by atoms with E-state index in [0.717, 1.165) is 53.6 Å². The first kappa shape index (κ1) is 28.4. The highest BCUT2D eigenvalue weighted by molar-refractivity contribution is 6.19. The van der Waals surface area contributed by atoms with E-state index in [1.54, 1.807) is 12.1 Å². The third-order valence-electron chi connectivity index (χ3n) is 5.80. The van der Waals surface area contributed by atoms with Crippen molar-refractivity contribution >= 4 is 47.2 Å². The number of benzene rings is 1. The van der Waals surface area contributed by atoms with Crippen molar-refractivity contribution in [2.75, 3.05) is 52.5 Å². The summed E-state index contributed by atoms with van der Waals surface area (Å²) in [6.07, 6.45) is 0.790. The van der Waals surface area contributed by atoms with Crippen molar-refractivity contribution in [2.24, 2.45) is 0 Å². The van der Waals surface area contributed by atoms with Crippen LogP contribution in [0, 0.1) is 0 Å². The first-order valence-electron chi connectivity index (χ1n) is 11.0. The van der Waals surface area contributed by atoms with Crippen molar-refractivity contribution in [3.05, 3.63) is 58.6 Å². The molecule has 3 rings (SSSR count). The maximum Gasteiger partial charge on any atom is 0.355 e. The third kappa shape index (κ3) is 4.67. The second kappa shape index (κ2) is 11.5. The van der Waals surface area contributed by atoms with E-state index in [2.05, 4.69) is 4.74 Å². The molecule has 2 aliphatic heterocycles. The minimum atomic E-state index is -1.72. The quantitative estimate of drug-likeness (QED) is 0.258. The smallest absolute Gasteiger partial charge is 0.355 e. The van der Waals surface area contributed by atoms with Crippen LogP contribution in [0.1, 0.15) is 0 Å². The van der Waals surface area contributed by atoms with E-state index < -0.39 is 64.3 Å². The van der Waals surface area contributed by atoms with E-state index in [1.807, 2.05) is 0 Å². The molecule has 0 aliphatic carbocycles. The molecule has 1 unspecified atom stereocenters. The van der Waals surface area contributed by atoms with Crippen molar-refractivity contribution in [2.45, 2.75) is 6.04 Å². The van der Waals surface area contributed by atoms with Gasteiger partial charge in [0.1, 0.15) is 17.1 Å². The Bertz CT molecular complexity index is 1360. The number of fused-ring (bicyclic) bond motifs is 3. The SMILES string of the molecule is COC(=O)C=C(C(=O)OC)N1C2=C(C(=O)OC)C(C(=O)OC)=C(C(=O)OC)C(C(=O)OC)N2c2ccccc21. The van der Waals surface area contributed by atoms with Gasteiger partial charge in [-0.2, -0.15) is 0 Å². The summed E-state index contributed by atoms with van der Waals surface area (Å²) in [5, 5.41) is 0. The highest BCUT2D eigenvalue weighted by Crippen LogP contribution is 2.51. The predicted molar refractivity (Wildman–Crippen MR) is 129 cm³/mol. The summed E-state index contributed by atoms with van der Waals surface area (Å²) in [6, 6.07) is 4.42. The number of esters is 6. The Morgan fingerprint density at radius 1 is 0.692 bits per heavy atom. The topological polar surface area (TPSA) is 164 Å². The number of rotatable bonds is 7. The number of para-hydroxylation sites is 2. The molecule has 0 fully saturated rings. The molecule has 0 saturated heterocycles. The summed E-state index contributed by atoms with van der Waals surface area (Å²) in [6.45, 7) is 0. The molecule has 0 aromatic heterocycles. The minimum absolute atomic E-state index is 0.152. The Labute approximate surface area is 221 Å². The number of ether oxygens (including phenoxy) is 6. The normalized spacial score (nSPS) is 16.2. The number of methoxy groups -OCH3 is 6. The molecule has 0 amide bonds. The van der Waals surface area contributed by atoms with Gasteiger partial charge in [0, 0.05) is 0 Å². The van der Waals surface area contributed by atoms with Crippen molar-refractivity contribution in [3.63, 3.8) is 0 Å². The molecule has 2 heterocycles. The van der Waals surface area contributed by atoms with Crippen LogP contribution >= 0.6 is 0 Å². The second-order valence-electron chi connectivity index (χ2n) is 7.63. The number of nitrogens with zero attached hydrogens (tertiary/aromatic N) is 2. The standard InChI is InChI=1S/C25H24N2O12/c1-34-15(28)11-14(21(29)35-2)26-12-9-7-8-10-13(12)27-19(25(33)39-6)17(23(31)37-4)16(22(30)36-3)18(20(26)27)24(32)38-5/h7-11,19H,1-6H3. The summed E-state index contributed by atoms with van der Waals surface area (Å²) >= 11 is 0. The van der Waals surface area contributed by atoms with E-state index in [0.29, 0.717) is 0 Å². The van der Waals surface area contributed by atoms with Crippen LogP contribution in [0.5, 0.6) is 0 Å². The maximum atomic E-state index is 13.3. The summed E-state index contributed by atoms with van der Waals surface area (Å²) in [4.78, 5) is 80.3. The Balaban J connectivity index is 2.64. The van der Waals surface area contributed by atoms with Crippen molar-refractivity contribution in [1.29, 1.82) is 0 Å². The fourth-order valence-electron chi connectivity index (χ4n) is 4.20. The summed E-state index contributed by atoms with van der Waals surface area (Å²) in [7, 11) is 6.18. The molecule has 0 saturated carbocycles. The molecule has 0 spiro atoms. The van der Waals surface area contributed by atoms with Crippen molar-refractivity contribution < 1.29 is 57.2 Å².